The Morgan fingerprint density at radius 2 is 2.00 bits per heavy atom. The number of allylic oxidation sites excluding steroid dienone is 1. The summed E-state index contributed by atoms with van der Waals surface area (Å²) < 4.78 is 17.4. The maximum atomic E-state index is 14.3. The number of aliphatic hydroxyl groups excluding tert-OH is 1. The number of carbonyl (C=O) groups is 1. The van der Waals surface area contributed by atoms with E-state index in [4.69, 9.17) is 14.2 Å². The zero-order valence-electron chi connectivity index (χ0n) is 24.1. The lowest BCUT2D eigenvalue weighted by molar-refractivity contribution is -0.131. The van der Waals surface area contributed by atoms with Crippen LogP contribution in [0.15, 0.2) is 17.7 Å². The minimum atomic E-state index is -0.162. The topological polar surface area (TPSA) is 68.2 Å². The molecule has 8 atom stereocenters. The van der Waals surface area contributed by atoms with Crippen molar-refractivity contribution in [3.8, 4) is 17.2 Å². The lowest BCUT2D eigenvalue weighted by Gasteiger charge is -2.58. The van der Waals surface area contributed by atoms with Crippen LogP contribution in [0.5, 0.6) is 17.2 Å². The van der Waals surface area contributed by atoms with Gasteiger partial charge in [-0.15, -0.1) is 0 Å². The quantitative estimate of drug-likeness (QED) is 0.488. The van der Waals surface area contributed by atoms with Crippen molar-refractivity contribution in [3.05, 3.63) is 28.8 Å². The summed E-state index contributed by atoms with van der Waals surface area (Å²) in [6.07, 6.45) is 12.4. The molecule has 1 aromatic carbocycles. The largest absolute Gasteiger partial charge is 0.492 e. The van der Waals surface area contributed by atoms with Crippen molar-refractivity contribution in [2.45, 2.75) is 90.2 Å². The fourth-order valence-electron chi connectivity index (χ4n) is 10.3. The van der Waals surface area contributed by atoms with Gasteiger partial charge in [0.05, 0.1) is 13.2 Å². The van der Waals surface area contributed by atoms with Crippen LogP contribution in [-0.2, 0) is 11.2 Å². The van der Waals surface area contributed by atoms with Crippen LogP contribution >= 0.6 is 0 Å². The second kappa shape index (κ2) is 9.24. The van der Waals surface area contributed by atoms with Gasteiger partial charge < -0.3 is 19.3 Å². The van der Waals surface area contributed by atoms with Gasteiger partial charge in [0.2, 0.25) is 12.5 Å². The molecule has 0 amide bonds. The third-order valence-electron chi connectivity index (χ3n) is 12.4. The molecule has 0 bridgehead atoms. The molecule has 3 fully saturated rings. The SMILES string of the molecule is COc1c2c(cc3c1[C@H](CC(=O)[C@H]1CC[C@H]4[C@@H]5CC=C6C[C@@H](O)CC[C@]6(C)[C@@H]5CC[C@]14C)N(C)CC3)OCO2. The molecule has 0 radical (unpaired) electrons. The Bertz CT molecular complexity index is 1210. The molecule has 0 unspecified atom stereocenters. The van der Waals surface area contributed by atoms with E-state index < -0.39 is 0 Å². The van der Waals surface area contributed by atoms with Crippen molar-refractivity contribution in [2.24, 2.45) is 34.5 Å². The summed E-state index contributed by atoms with van der Waals surface area (Å²) in [5.74, 6) is 4.74. The third kappa shape index (κ3) is 3.76. The van der Waals surface area contributed by atoms with Crippen molar-refractivity contribution in [1.82, 2.24) is 4.90 Å². The highest BCUT2D eigenvalue weighted by Crippen LogP contribution is 2.66. The monoisotopic (exact) mass is 535 g/mol. The number of benzene rings is 1. The van der Waals surface area contributed by atoms with Crippen molar-refractivity contribution in [3.63, 3.8) is 0 Å². The molecule has 6 aliphatic rings. The molecule has 1 N–H and O–H groups in total. The van der Waals surface area contributed by atoms with Gasteiger partial charge in [-0.1, -0.05) is 25.5 Å². The number of ether oxygens (including phenoxy) is 3. The predicted octanol–water partition coefficient (Wildman–Crippen LogP) is 5.85. The summed E-state index contributed by atoms with van der Waals surface area (Å²) in [7, 11) is 3.84. The van der Waals surface area contributed by atoms with Crippen LogP contribution in [0.25, 0.3) is 0 Å². The van der Waals surface area contributed by atoms with Crippen molar-refractivity contribution >= 4 is 5.78 Å². The minimum absolute atomic E-state index is 0.00237. The normalized spacial score (nSPS) is 40.7. The Morgan fingerprint density at radius 3 is 2.82 bits per heavy atom. The number of rotatable bonds is 4. The van der Waals surface area contributed by atoms with Gasteiger partial charge in [0.1, 0.15) is 5.78 Å². The van der Waals surface area contributed by atoms with Gasteiger partial charge in [0.25, 0.3) is 0 Å². The molecule has 7 rings (SSSR count). The lowest BCUT2D eigenvalue weighted by Crippen LogP contribution is -2.51. The first-order chi connectivity index (χ1) is 18.7. The van der Waals surface area contributed by atoms with Crippen molar-refractivity contribution < 1.29 is 24.1 Å². The molecule has 6 heteroatoms. The van der Waals surface area contributed by atoms with Gasteiger partial charge >= 0.3 is 0 Å². The smallest absolute Gasteiger partial charge is 0.231 e. The second-order valence-corrected chi connectivity index (χ2v) is 14.0. The minimum Gasteiger partial charge on any atom is -0.492 e. The van der Waals surface area contributed by atoms with E-state index in [1.165, 1.54) is 24.0 Å². The zero-order valence-corrected chi connectivity index (χ0v) is 24.1. The maximum Gasteiger partial charge on any atom is 0.231 e. The molecule has 0 spiro atoms. The van der Waals surface area contributed by atoms with E-state index in [1.54, 1.807) is 7.11 Å². The van der Waals surface area contributed by atoms with E-state index >= 15 is 0 Å². The maximum absolute atomic E-state index is 14.3. The van der Waals surface area contributed by atoms with Crippen LogP contribution in [0.1, 0.15) is 88.8 Å². The van der Waals surface area contributed by atoms with Crippen molar-refractivity contribution in [2.75, 3.05) is 27.5 Å². The zero-order chi connectivity index (χ0) is 27.1. The third-order valence-corrected chi connectivity index (χ3v) is 12.4. The van der Waals surface area contributed by atoms with Crippen LogP contribution in [-0.4, -0.2) is 49.4 Å². The molecule has 39 heavy (non-hydrogen) atoms. The predicted molar refractivity (Wildman–Crippen MR) is 149 cm³/mol. The first kappa shape index (κ1) is 25.9. The van der Waals surface area contributed by atoms with Gasteiger partial charge in [-0.3, -0.25) is 9.69 Å². The van der Waals surface area contributed by atoms with Crippen LogP contribution in [0.4, 0.5) is 0 Å². The molecule has 0 aromatic heterocycles. The van der Waals surface area contributed by atoms with E-state index in [9.17, 15) is 9.90 Å². The molecular weight excluding hydrogens is 490 g/mol. The molecule has 2 heterocycles. The summed E-state index contributed by atoms with van der Waals surface area (Å²) in [5.41, 5.74) is 4.18. The van der Waals surface area contributed by atoms with Gasteiger partial charge in [-0.05, 0) is 105 Å². The van der Waals surface area contributed by atoms with E-state index in [0.29, 0.717) is 35.7 Å². The van der Waals surface area contributed by atoms with Gasteiger partial charge in [0.15, 0.2) is 11.5 Å². The van der Waals surface area contributed by atoms with Gasteiger partial charge in [0, 0.05) is 30.5 Å². The van der Waals surface area contributed by atoms with Crippen molar-refractivity contribution in [1.29, 1.82) is 0 Å². The summed E-state index contributed by atoms with van der Waals surface area (Å²) in [4.78, 5) is 16.6. The highest BCUT2D eigenvalue weighted by atomic mass is 16.7. The van der Waals surface area contributed by atoms with Crippen LogP contribution in [0, 0.1) is 34.5 Å². The number of hydrogen-bond acceptors (Lipinski definition) is 6. The van der Waals surface area contributed by atoms with E-state index in [2.05, 4.69) is 37.9 Å². The number of carbonyl (C=O) groups excluding carboxylic acids is 1. The van der Waals surface area contributed by atoms with Crippen LogP contribution < -0.4 is 14.2 Å². The molecule has 0 saturated heterocycles. The molecule has 2 aliphatic heterocycles. The number of fused-ring (bicyclic) bond motifs is 7. The number of methoxy groups -OCH3 is 1. The number of likely N-dealkylation sites (N-methyl/N-ethyl adjacent to an activating group) is 1. The Hall–Kier alpha value is -2.05. The first-order valence-electron chi connectivity index (χ1n) is 15.3. The number of aliphatic hydroxyl groups is 1. The standard InChI is InChI=1S/C33H45NO5/c1-32-12-9-21(35)16-20(32)5-6-22-23-7-8-25(33(23,2)13-10-24(22)32)27(36)17-26-29-19(11-14-34(26)3)15-28-30(31(29)37-4)39-18-38-28/h5,15,21-26,35H,6-14,16-18H2,1-4H3/t21-,22-,23-,24+,25+,26-,32-,33-/m0/s1. The first-order valence-corrected chi connectivity index (χ1v) is 15.3. The average molecular weight is 536 g/mol. The number of ketones is 1. The Labute approximate surface area is 233 Å². The summed E-state index contributed by atoms with van der Waals surface area (Å²) in [6.45, 7) is 6.07. The van der Waals surface area contributed by atoms with Crippen LogP contribution in [0.2, 0.25) is 0 Å². The lowest BCUT2D eigenvalue weighted by atomic mass is 9.47. The molecule has 4 aliphatic carbocycles. The summed E-state index contributed by atoms with van der Waals surface area (Å²) >= 11 is 0. The summed E-state index contributed by atoms with van der Waals surface area (Å²) in [5, 5.41) is 10.3. The second-order valence-electron chi connectivity index (χ2n) is 14.0. The summed E-state index contributed by atoms with van der Waals surface area (Å²) in [6, 6.07) is 2.10. The van der Waals surface area contributed by atoms with Gasteiger partial charge in [-0.25, -0.2) is 0 Å². The molecule has 1 aromatic rings. The molecule has 212 valence electrons. The van der Waals surface area contributed by atoms with Gasteiger partial charge in [-0.2, -0.15) is 0 Å². The Balaban J connectivity index is 1.15. The molecule has 3 saturated carbocycles. The number of hydrogen-bond donors (Lipinski definition) is 1. The highest BCUT2D eigenvalue weighted by Gasteiger charge is 2.60. The highest BCUT2D eigenvalue weighted by molar-refractivity contribution is 5.83. The molecule has 6 nitrogen and oxygen atoms in total. The van der Waals surface area contributed by atoms with E-state index in [0.717, 1.165) is 68.6 Å². The Morgan fingerprint density at radius 1 is 1.15 bits per heavy atom. The fraction of sp³-hybridized carbons (Fsp3) is 0.727. The number of Topliss-reactive ketones (excluding diaryl/α,β-unsaturated/α-hetero) is 1. The van der Waals surface area contributed by atoms with E-state index in [1.807, 2.05) is 0 Å². The average Bonchev–Trinajstić information content (AvgIpc) is 3.53. The molecular formula is C33H45NO5. The van der Waals surface area contributed by atoms with E-state index in [-0.39, 0.29) is 35.7 Å². The fourth-order valence-corrected chi connectivity index (χ4v) is 10.3. The number of nitrogens with zero attached hydrogens (tertiary/aromatic N) is 1. The van der Waals surface area contributed by atoms with Crippen LogP contribution in [0.3, 0.4) is 0 Å². The Kier molecular flexibility index (Phi) is 6.13.